The Morgan fingerprint density at radius 3 is 2.44 bits per heavy atom. The van der Waals surface area contributed by atoms with Crippen molar-refractivity contribution in [2.24, 2.45) is 5.92 Å². The van der Waals surface area contributed by atoms with Gasteiger partial charge in [-0.25, -0.2) is 8.42 Å². The van der Waals surface area contributed by atoms with Crippen LogP contribution in [-0.4, -0.2) is 42.9 Å². The molecular formula is C19H20N2O5S. The van der Waals surface area contributed by atoms with Gasteiger partial charge in [0.05, 0.1) is 10.8 Å². The minimum Gasteiger partial charge on any atom is -0.481 e. The highest BCUT2D eigenvalue weighted by Crippen LogP contribution is 2.27. The molecule has 7 nitrogen and oxygen atoms in total. The maximum Gasteiger partial charge on any atom is 0.308 e. The summed E-state index contributed by atoms with van der Waals surface area (Å²) >= 11 is 0. The maximum atomic E-state index is 12.8. The molecule has 2 atom stereocenters. The number of sulfonamides is 1. The molecular weight excluding hydrogens is 368 g/mol. The van der Waals surface area contributed by atoms with Crippen molar-refractivity contribution < 1.29 is 23.1 Å². The highest BCUT2D eigenvalue weighted by molar-refractivity contribution is 7.92. The van der Waals surface area contributed by atoms with E-state index in [1.165, 1.54) is 23.1 Å². The number of carboxylic acids is 1. The molecule has 0 radical (unpaired) electrons. The van der Waals surface area contributed by atoms with Crippen LogP contribution in [0.25, 0.3) is 0 Å². The molecule has 2 aromatic carbocycles. The number of amides is 1. The lowest BCUT2D eigenvalue weighted by molar-refractivity contribution is -0.142. The summed E-state index contributed by atoms with van der Waals surface area (Å²) in [5.41, 5.74) is 0.576. The van der Waals surface area contributed by atoms with Gasteiger partial charge in [0.25, 0.3) is 15.9 Å². The lowest BCUT2D eigenvalue weighted by Gasteiger charge is -2.23. The Hall–Kier alpha value is -2.87. The smallest absolute Gasteiger partial charge is 0.308 e. The minimum atomic E-state index is -3.76. The molecule has 0 aliphatic carbocycles. The Balaban J connectivity index is 1.80. The molecule has 142 valence electrons. The van der Waals surface area contributed by atoms with Crippen LogP contribution in [0.15, 0.2) is 59.5 Å². The fraction of sp³-hybridized carbons (Fsp3) is 0.263. The highest BCUT2D eigenvalue weighted by atomic mass is 32.2. The number of benzene rings is 2. The van der Waals surface area contributed by atoms with Gasteiger partial charge in [-0.15, -0.1) is 0 Å². The second-order valence-electron chi connectivity index (χ2n) is 6.47. The van der Waals surface area contributed by atoms with E-state index >= 15 is 0 Å². The number of aliphatic carboxylic acids is 1. The molecule has 27 heavy (non-hydrogen) atoms. The quantitative estimate of drug-likeness (QED) is 0.819. The maximum absolute atomic E-state index is 12.8. The molecule has 3 rings (SSSR count). The number of anilines is 1. The predicted molar refractivity (Wildman–Crippen MR) is 99.9 cm³/mol. The van der Waals surface area contributed by atoms with Crippen LogP contribution in [0.2, 0.25) is 0 Å². The van der Waals surface area contributed by atoms with Crippen LogP contribution in [-0.2, 0) is 14.8 Å². The number of carbonyl (C=O) groups excluding carboxylic acids is 1. The van der Waals surface area contributed by atoms with Crippen molar-refractivity contribution in [3.63, 3.8) is 0 Å². The number of hydrogen-bond acceptors (Lipinski definition) is 4. The van der Waals surface area contributed by atoms with E-state index < -0.39 is 28.0 Å². The summed E-state index contributed by atoms with van der Waals surface area (Å²) in [5, 5.41) is 9.22. The first kappa shape index (κ1) is 18.9. The standard InChI is InChI=1S/C19H20N2O5S/c1-13-17(19(23)24)10-11-21(13)18(22)14-6-5-7-15(12-14)20-27(25,26)16-8-3-2-4-9-16/h2-9,12-13,17,20H,10-11H2,1H3,(H,23,24). The van der Waals surface area contributed by atoms with Crippen molar-refractivity contribution in [1.82, 2.24) is 4.90 Å². The van der Waals surface area contributed by atoms with Crippen LogP contribution in [0.3, 0.4) is 0 Å². The van der Waals surface area contributed by atoms with Gasteiger partial charge in [0.1, 0.15) is 0 Å². The Labute approximate surface area is 157 Å². The predicted octanol–water partition coefficient (Wildman–Crippen LogP) is 2.42. The lowest BCUT2D eigenvalue weighted by atomic mass is 10.0. The Morgan fingerprint density at radius 1 is 1.11 bits per heavy atom. The molecule has 0 saturated carbocycles. The van der Waals surface area contributed by atoms with Gasteiger partial charge in [-0.3, -0.25) is 14.3 Å². The van der Waals surface area contributed by atoms with Crippen molar-refractivity contribution in [2.45, 2.75) is 24.3 Å². The number of hydrogen-bond donors (Lipinski definition) is 2. The largest absolute Gasteiger partial charge is 0.481 e. The molecule has 2 aromatic rings. The van der Waals surface area contributed by atoms with Gasteiger partial charge in [-0.05, 0) is 43.7 Å². The summed E-state index contributed by atoms with van der Waals surface area (Å²) < 4.78 is 27.3. The van der Waals surface area contributed by atoms with E-state index in [0.717, 1.165) is 0 Å². The molecule has 1 saturated heterocycles. The zero-order valence-corrected chi connectivity index (χ0v) is 15.5. The Bertz CT molecular complexity index is 959. The van der Waals surface area contributed by atoms with E-state index in [-0.39, 0.29) is 16.5 Å². The van der Waals surface area contributed by atoms with Gasteiger partial charge in [0, 0.05) is 23.8 Å². The van der Waals surface area contributed by atoms with Crippen molar-refractivity contribution in [2.75, 3.05) is 11.3 Å². The first-order valence-corrected chi connectivity index (χ1v) is 9.99. The monoisotopic (exact) mass is 388 g/mol. The van der Waals surface area contributed by atoms with Gasteiger partial charge in [0.2, 0.25) is 0 Å². The molecule has 8 heteroatoms. The van der Waals surface area contributed by atoms with Crippen molar-refractivity contribution in [1.29, 1.82) is 0 Å². The molecule has 2 unspecified atom stereocenters. The van der Waals surface area contributed by atoms with Crippen LogP contribution < -0.4 is 4.72 Å². The number of carbonyl (C=O) groups is 2. The van der Waals surface area contributed by atoms with E-state index in [1.54, 1.807) is 43.3 Å². The molecule has 0 spiro atoms. The topological polar surface area (TPSA) is 104 Å². The van der Waals surface area contributed by atoms with Crippen LogP contribution in [0.4, 0.5) is 5.69 Å². The van der Waals surface area contributed by atoms with Gasteiger partial charge in [-0.1, -0.05) is 24.3 Å². The summed E-state index contributed by atoms with van der Waals surface area (Å²) in [4.78, 5) is 25.7. The van der Waals surface area contributed by atoms with Gasteiger partial charge < -0.3 is 10.0 Å². The minimum absolute atomic E-state index is 0.124. The fourth-order valence-corrected chi connectivity index (χ4v) is 4.32. The molecule has 1 heterocycles. The van der Waals surface area contributed by atoms with E-state index in [0.29, 0.717) is 18.5 Å². The molecule has 0 aromatic heterocycles. The summed E-state index contributed by atoms with van der Waals surface area (Å²) in [5.74, 6) is -1.82. The summed E-state index contributed by atoms with van der Waals surface area (Å²) in [6.07, 6.45) is 0.405. The molecule has 2 N–H and O–H groups in total. The number of nitrogens with zero attached hydrogens (tertiary/aromatic N) is 1. The summed E-state index contributed by atoms with van der Waals surface area (Å²) in [7, 11) is -3.76. The average Bonchev–Trinajstić information content (AvgIpc) is 3.03. The second-order valence-corrected chi connectivity index (χ2v) is 8.15. The number of nitrogens with one attached hydrogen (secondary N) is 1. The van der Waals surface area contributed by atoms with Crippen molar-refractivity contribution in [3.8, 4) is 0 Å². The zero-order valence-electron chi connectivity index (χ0n) is 14.7. The lowest BCUT2D eigenvalue weighted by Crippen LogP contribution is -2.37. The first-order chi connectivity index (χ1) is 12.8. The zero-order chi connectivity index (χ0) is 19.6. The average molecular weight is 388 g/mol. The number of carboxylic acid groups (broad SMARTS) is 1. The fourth-order valence-electron chi connectivity index (χ4n) is 3.25. The Kier molecular flexibility index (Phi) is 5.18. The molecule has 0 bridgehead atoms. The van der Waals surface area contributed by atoms with Crippen LogP contribution in [0.5, 0.6) is 0 Å². The Morgan fingerprint density at radius 2 is 1.81 bits per heavy atom. The second kappa shape index (κ2) is 7.40. The SMILES string of the molecule is CC1C(C(=O)O)CCN1C(=O)c1cccc(NS(=O)(=O)c2ccccc2)c1. The third-order valence-electron chi connectivity index (χ3n) is 4.75. The van der Waals surface area contributed by atoms with Crippen LogP contribution in [0, 0.1) is 5.92 Å². The van der Waals surface area contributed by atoms with Gasteiger partial charge >= 0.3 is 5.97 Å². The molecule has 1 amide bonds. The van der Waals surface area contributed by atoms with E-state index in [4.69, 9.17) is 0 Å². The summed E-state index contributed by atoms with van der Waals surface area (Å²) in [6.45, 7) is 2.07. The van der Waals surface area contributed by atoms with Crippen molar-refractivity contribution >= 4 is 27.6 Å². The number of likely N-dealkylation sites (tertiary alicyclic amines) is 1. The molecule has 1 fully saturated rings. The van der Waals surface area contributed by atoms with Crippen LogP contribution in [0.1, 0.15) is 23.7 Å². The molecule has 1 aliphatic heterocycles. The third-order valence-corrected chi connectivity index (χ3v) is 6.15. The van der Waals surface area contributed by atoms with Gasteiger partial charge in [-0.2, -0.15) is 0 Å². The normalized spacial score (nSPS) is 19.7. The van der Waals surface area contributed by atoms with Gasteiger partial charge in [0.15, 0.2) is 0 Å². The third kappa shape index (κ3) is 3.95. The number of rotatable bonds is 5. The first-order valence-electron chi connectivity index (χ1n) is 8.51. The van der Waals surface area contributed by atoms with E-state index in [2.05, 4.69) is 4.72 Å². The van der Waals surface area contributed by atoms with E-state index in [1.807, 2.05) is 0 Å². The van der Waals surface area contributed by atoms with Crippen LogP contribution >= 0.6 is 0 Å². The highest BCUT2D eigenvalue weighted by Gasteiger charge is 2.38. The molecule has 1 aliphatic rings. The van der Waals surface area contributed by atoms with E-state index in [9.17, 15) is 23.1 Å². The van der Waals surface area contributed by atoms with Crippen molar-refractivity contribution in [3.05, 3.63) is 60.2 Å². The summed E-state index contributed by atoms with van der Waals surface area (Å²) in [6, 6.07) is 13.7.